The minimum absolute atomic E-state index is 0.331. The smallest absolute Gasteiger partial charge is 0.352 e. The van der Waals surface area contributed by atoms with Gasteiger partial charge < -0.3 is 4.90 Å². The summed E-state index contributed by atoms with van der Waals surface area (Å²) in [5.41, 5.74) is 0. The van der Waals surface area contributed by atoms with E-state index in [0.717, 1.165) is 0 Å². The normalized spacial score (nSPS) is 25.6. The molecular formula is C9H11N5O4S2. The van der Waals surface area contributed by atoms with E-state index in [2.05, 4.69) is 15.2 Å². The first-order valence-corrected chi connectivity index (χ1v) is 7.64. The molecule has 108 valence electrons. The summed E-state index contributed by atoms with van der Waals surface area (Å²) in [6.07, 6.45) is 2.14. The molecule has 1 aromatic rings. The molecule has 2 aliphatic heterocycles. The Balaban J connectivity index is 1.73. The zero-order valence-corrected chi connectivity index (χ0v) is 11.8. The maximum atomic E-state index is 11.9. The van der Waals surface area contributed by atoms with Crippen LogP contribution >= 0.6 is 12.2 Å². The highest BCUT2D eigenvalue weighted by Crippen LogP contribution is 2.36. The molecule has 2 N–H and O–H groups in total. The van der Waals surface area contributed by atoms with Crippen molar-refractivity contribution in [3.05, 3.63) is 12.2 Å². The van der Waals surface area contributed by atoms with Crippen molar-refractivity contribution in [2.24, 2.45) is 0 Å². The second-order valence-electron chi connectivity index (χ2n) is 4.61. The molecule has 0 bridgehead atoms. The van der Waals surface area contributed by atoms with Crippen molar-refractivity contribution in [3.63, 3.8) is 0 Å². The van der Waals surface area contributed by atoms with Gasteiger partial charge in [-0.25, -0.2) is 9.29 Å². The number of fused-ring (bicyclic) bond motifs is 1. The van der Waals surface area contributed by atoms with E-state index in [9.17, 15) is 13.2 Å². The monoisotopic (exact) mass is 317 g/mol. The summed E-state index contributed by atoms with van der Waals surface area (Å²) < 4.78 is 31.7. The number of thiocarbonyl (C=S) groups is 1. The van der Waals surface area contributed by atoms with Crippen LogP contribution in [0, 0.1) is 0 Å². The molecule has 0 aliphatic carbocycles. The van der Waals surface area contributed by atoms with E-state index in [1.807, 2.05) is 0 Å². The Morgan fingerprint density at radius 2 is 2.35 bits per heavy atom. The third kappa shape index (κ3) is 1.98. The van der Waals surface area contributed by atoms with E-state index in [1.54, 1.807) is 4.90 Å². The molecule has 0 saturated carbocycles. The van der Waals surface area contributed by atoms with Crippen molar-refractivity contribution >= 4 is 33.4 Å². The Kier molecular flexibility index (Phi) is 2.99. The summed E-state index contributed by atoms with van der Waals surface area (Å²) in [7, 11) is -4.48. The molecule has 9 nitrogen and oxygen atoms in total. The lowest BCUT2D eigenvalue weighted by atomic mass is 10.0. The standard InChI is InChI=1S/C9H11N5O4S2/c15-9-8-5(14(9)20(16,17)18)1-2-13(8)7(19)3-6-10-4-11-12-6/h4-5,8H,1-3H2,(H,10,11,12)(H,16,17,18)/t5-,8+/m1/s1. The molecule has 0 radical (unpaired) electrons. The van der Waals surface area contributed by atoms with E-state index < -0.39 is 28.3 Å². The molecule has 0 spiro atoms. The summed E-state index contributed by atoms with van der Waals surface area (Å²) in [5.74, 6) is -0.0632. The number of H-pyrrole nitrogens is 1. The highest BCUT2D eigenvalue weighted by atomic mass is 32.2. The minimum atomic E-state index is -4.48. The predicted octanol–water partition coefficient (Wildman–Crippen LogP) is -1.24. The van der Waals surface area contributed by atoms with E-state index in [-0.39, 0.29) is 0 Å². The van der Waals surface area contributed by atoms with Gasteiger partial charge in [-0.05, 0) is 6.42 Å². The van der Waals surface area contributed by atoms with Gasteiger partial charge in [0.25, 0.3) is 5.91 Å². The number of likely N-dealkylation sites (tertiary alicyclic amines) is 1. The van der Waals surface area contributed by atoms with Crippen molar-refractivity contribution < 1.29 is 17.8 Å². The molecule has 2 saturated heterocycles. The number of hydrogen-bond donors (Lipinski definition) is 2. The molecule has 2 aliphatic rings. The Hall–Kier alpha value is -1.59. The summed E-state index contributed by atoms with van der Waals surface area (Å²) in [5, 5.41) is 6.38. The Morgan fingerprint density at radius 3 is 2.95 bits per heavy atom. The van der Waals surface area contributed by atoms with Gasteiger partial charge in [0.2, 0.25) is 0 Å². The first-order chi connectivity index (χ1) is 9.39. The van der Waals surface area contributed by atoms with Crippen molar-refractivity contribution in [2.45, 2.75) is 24.9 Å². The lowest BCUT2D eigenvalue weighted by Gasteiger charge is -2.43. The van der Waals surface area contributed by atoms with Gasteiger partial charge in [0.15, 0.2) is 0 Å². The Labute approximate surface area is 119 Å². The number of nitrogens with zero attached hydrogens (tertiary/aromatic N) is 4. The molecule has 1 aromatic heterocycles. The van der Waals surface area contributed by atoms with Gasteiger partial charge >= 0.3 is 10.3 Å². The van der Waals surface area contributed by atoms with Crippen LogP contribution in [0.15, 0.2) is 6.33 Å². The average molecular weight is 317 g/mol. The molecule has 0 aromatic carbocycles. The molecule has 2 fully saturated rings. The third-order valence-electron chi connectivity index (χ3n) is 3.49. The topological polar surface area (TPSA) is 119 Å². The van der Waals surface area contributed by atoms with Crippen molar-refractivity contribution in [1.82, 2.24) is 24.4 Å². The van der Waals surface area contributed by atoms with Crippen molar-refractivity contribution in [3.8, 4) is 0 Å². The zero-order chi connectivity index (χ0) is 14.5. The zero-order valence-electron chi connectivity index (χ0n) is 10.1. The van der Waals surface area contributed by atoms with Gasteiger partial charge in [0.05, 0.1) is 17.5 Å². The summed E-state index contributed by atoms with van der Waals surface area (Å²) in [6, 6.07) is -1.14. The maximum Gasteiger partial charge on any atom is 0.362 e. The molecule has 0 unspecified atom stereocenters. The number of aromatic amines is 1. The van der Waals surface area contributed by atoms with Gasteiger partial charge in [-0.1, -0.05) is 12.2 Å². The van der Waals surface area contributed by atoms with Crippen LogP contribution in [0.5, 0.6) is 0 Å². The molecule has 3 heterocycles. The van der Waals surface area contributed by atoms with Gasteiger partial charge in [-0.3, -0.25) is 14.4 Å². The van der Waals surface area contributed by atoms with Crippen LogP contribution in [0.1, 0.15) is 12.2 Å². The van der Waals surface area contributed by atoms with Crippen LogP contribution in [0.2, 0.25) is 0 Å². The molecule has 20 heavy (non-hydrogen) atoms. The lowest BCUT2D eigenvalue weighted by Crippen LogP contribution is -2.68. The van der Waals surface area contributed by atoms with E-state index >= 15 is 0 Å². The SMILES string of the molecule is O=C1[C@@H]2[C@@H](CCN2C(=S)Cc2ncn[nH]2)N1S(=O)(=O)O. The summed E-state index contributed by atoms with van der Waals surface area (Å²) in [4.78, 5) is 18.0. The van der Waals surface area contributed by atoms with Gasteiger partial charge in [0, 0.05) is 6.54 Å². The quantitative estimate of drug-likeness (QED) is 0.404. The molecule has 11 heteroatoms. The van der Waals surface area contributed by atoms with Crippen LogP contribution in [0.4, 0.5) is 0 Å². The average Bonchev–Trinajstić information content (AvgIpc) is 2.93. The number of β-lactam (4-membered cyclic amide) rings is 1. The lowest BCUT2D eigenvalue weighted by molar-refractivity contribution is -0.142. The van der Waals surface area contributed by atoms with Crippen LogP contribution < -0.4 is 0 Å². The fraction of sp³-hybridized carbons (Fsp3) is 0.556. The number of hydrogen-bond acceptors (Lipinski definition) is 6. The highest BCUT2D eigenvalue weighted by Gasteiger charge is 2.59. The third-order valence-corrected chi connectivity index (χ3v) is 4.82. The predicted molar refractivity (Wildman–Crippen MR) is 70.0 cm³/mol. The number of amides is 1. The Bertz CT molecular complexity index is 658. The van der Waals surface area contributed by atoms with Gasteiger partial charge in [-0.15, -0.1) is 0 Å². The minimum Gasteiger partial charge on any atom is -0.352 e. The number of rotatable bonds is 3. The van der Waals surface area contributed by atoms with Crippen molar-refractivity contribution in [1.29, 1.82) is 0 Å². The first kappa shape index (κ1) is 13.4. The van der Waals surface area contributed by atoms with Gasteiger partial charge in [-0.2, -0.15) is 13.5 Å². The van der Waals surface area contributed by atoms with Crippen LogP contribution in [-0.4, -0.2) is 66.9 Å². The first-order valence-electron chi connectivity index (χ1n) is 5.84. The highest BCUT2D eigenvalue weighted by molar-refractivity contribution is 7.84. The number of carbonyl (C=O) groups is 1. The van der Waals surface area contributed by atoms with Gasteiger partial charge in [0.1, 0.15) is 18.2 Å². The van der Waals surface area contributed by atoms with E-state index in [0.29, 0.717) is 34.5 Å². The second-order valence-corrected chi connectivity index (χ2v) is 6.37. The summed E-state index contributed by atoms with van der Waals surface area (Å²) in [6.45, 7) is 0.472. The van der Waals surface area contributed by atoms with Crippen molar-refractivity contribution in [2.75, 3.05) is 6.54 Å². The number of aromatic nitrogens is 3. The molecule has 1 amide bonds. The fourth-order valence-electron chi connectivity index (χ4n) is 2.66. The molecular weight excluding hydrogens is 306 g/mol. The van der Waals surface area contributed by atoms with E-state index in [4.69, 9.17) is 16.8 Å². The number of carbonyl (C=O) groups excluding carboxylic acids is 1. The molecule has 3 rings (SSSR count). The van der Waals surface area contributed by atoms with Crippen LogP contribution in [0.25, 0.3) is 0 Å². The van der Waals surface area contributed by atoms with Crippen LogP contribution in [0.3, 0.4) is 0 Å². The molecule has 2 atom stereocenters. The Morgan fingerprint density at radius 1 is 1.60 bits per heavy atom. The maximum absolute atomic E-state index is 11.9. The second kappa shape index (κ2) is 4.46. The van der Waals surface area contributed by atoms with E-state index in [1.165, 1.54) is 6.33 Å². The largest absolute Gasteiger partial charge is 0.362 e. The fourth-order valence-corrected chi connectivity index (χ4v) is 3.90. The summed E-state index contributed by atoms with van der Waals surface area (Å²) >= 11 is 5.27. The number of nitrogens with one attached hydrogen (secondary N) is 1. The van der Waals surface area contributed by atoms with Crippen LogP contribution in [-0.2, 0) is 21.5 Å².